The van der Waals surface area contributed by atoms with Crippen molar-refractivity contribution >= 4 is 12.0 Å². The largest absolute Gasteiger partial charge is 0.481 e. The van der Waals surface area contributed by atoms with Crippen LogP contribution in [0.3, 0.4) is 0 Å². The Kier molecular flexibility index (Phi) is 4.93. The molecule has 0 radical (unpaired) electrons. The van der Waals surface area contributed by atoms with Crippen LogP contribution in [0.15, 0.2) is 0 Å². The second-order valence-electron chi connectivity index (χ2n) is 3.40. The molecule has 0 spiro atoms. The lowest BCUT2D eigenvalue weighted by molar-refractivity contribution is -0.141. The number of nitrogens with one attached hydrogen (secondary N) is 2. The van der Waals surface area contributed by atoms with Gasteiger partial charge in [-0.05, 0) is 13.8 Å². The first-order valence-electron chi connectivity index (χ1n) is 4.32. The molecule has 3 N–H and O–H groups in total. The Balaban J connectivity index is 3.99. The molecule has 0 fully saturated rings. The molecule has 0 saturated heterocycles. The van der Waals surface area contributed by atoms with Crippen LogP contribution in [0.2, 0.25) is 0 Å². The maximum Gasteiger partial charge on any atom is 0.329 e. The van der Waals surface area contributed by atoms with Gasteiger partial charge in [0.05, 0.1) is 5.92 Å². The minimum absolute atomic E-state index is 0.407. The zero-order chi connectivity index (χ0) is 11.3. The average molecular weight is 203 g/mol. The number of carboxylic acid groups (broad SMARTS) is 1. The molecule has 0 aliphatic carbocycles. The molecule has 6 nitrogen and oxygen atoms in total. The van der Waals surface area contributed by atoms with Gasteiger partial charge in [-0.25, -0.2) is 9.80 Å². The van der Waals surface area contributed by atoms with Crippen LogP contribution in [0.1, 0.15) is 13.8 Å². The molecule has 0 bridgehead atoms. The number of nitrogens with zero attached hydrogens (tertiary/aromatic N) is 1. The van der Waals surface area contributed by atoms with Gasteiger partial charge < -0.3 is 10.4 Å². The van der Waals surface area contributed by atoms with Gasteiger partial charge in [-0.15, -0.1) is 0 Å². The van der Waals surface area contributed by atoms with Crippen molar-refractivity contribution in [3.05, 3.63) is 0 Å². The molecule has 0 saturated carbocycles. The van der Waals surface area contributed by atoms with Gasteiger partial charge in [-0.2, -0.15) is 0 Å². The number of aliphatic carboxylic acids is 1. The third-order valence-corrected chi connectivity index (χ3v) is 1.82. The molecule has 14 heavy (non-hydrogen) atoms. The maximum atomic E-state index is 11.1. The first kappa shape index (κ1) is 12.7. The number of carbonyl (C=O) groups excluding carboxylic acids is 1. The van der Waals surface area contributed by atoms with Gasteiger partial charge in [0.1, 0.15) is 0 Å². The van der Waals surface area contributed by atoms with Crippen molar-refractivity contribution in [1.29, 1.82) is 0 Å². The molecule has 82 valence electrons. The standard InChI is InChI=1S/C8H17N3O3/c1-5(7(12)13)6(2)9-8(14)10-11(3)4/h5-6H,1-4H3,(H,12,13)(H2,9,10,14). The fourth-order valence-electron chi connectivity index (χ4n) is 0.781. The topological polar surface area (TPSA) is 81.7 Å². The summed E-state index contributed by atoms with van der Waals surface area (Å²) < 4.78 is 0. The van der Waals surface area contributed by atoms with Crippen molar-refractivity contribution in [2.24, 2.45) is 5.92 Å². The SMILES string of the molecule is CC(NC(=O)NN(C)C)C(C)C(=O)O. The molecule has 0 aliphatic heterocycles. The number of carbonyl (C=O) groups is 2. The lowest BCUT2D eigenvalue weighted by Crippen LogP contribution is -2.49. The van der Waals surface area contributed by atoms with Crippen LogP contribution in [0.25, 0.3) is 0 Å². The molecule has 0 heterocycles. The Bertz CT molecular complexity index is 218. The third-order valence-electron chi connectivity index (χ3n) is 1.82. The van der Waals surface area contributed by atoms with E-state index in [2.05, 4.69) is 10.7 Å². The van der Waals surface area contributed by atoms with E-state index in [1.165, 1.54) is 5.01 Å². The van der Waals surface area contributed by atoms with Crippen LogP contribution in [0.5, 0.6) is 0 Å². The first-order valence-corrected chi connectivity index (χ1v) is 4.32. The summed E-state index contributed by atoms with van der Waals surface area (Å²) in [5.41, 5.74) is 2.46. The Morgan fingerprint density at radius 3 is 2.14 bits per heavy atom. The Labute approximate surface area is 83.2 Å². The molecule has 0 aromatic heterocycles. The van der Waals surface area contributed by atoms with Crippen LogP contribution in [-0.4, -0.2) is 42.3 Å². The predicted molar refractivity (Wildman–Crippen MR) is 51.6 cm³/mol. The van der Waals surface area contributed by atoms with Crippen LogP contribution in [-0.2, 0) is 4.79 Å². The van der Waals surface area contributed by atoms with Crippen molar-refractivity contribution < 1.29 is 14.7 Å². The minimum atomic E-state index is -0.928. The Morgan fingerprint density at radius 1 is 1.29 bits per heavy atom. The van der Waals surface area contributed by atoms with E-state index >= 15 is 0 Å². The summed E-state index contributed by atoms with van der Waals surface area (Å²) in [6.45, 7) is 3.19. The molecule has 0 rings (SSSR count). The number of hydrazine groups is 1. The number of rotatable bonds is 4. The van der Waals surface area contributed by atoms with Crippen molar-refractivity contribution in [2.75, 3.05) is 14.1 Å². The summed E-state index contributed by atoms with van der Waals surface area (Å²) >= 11 is 0. The summed E-state index contributed by atoms with van der Waals surface area (Å²) in [6, 6.07) is -0.817. The maximum absolute atomic E-state index is 11.1. The summed E-state index contributed by atoms with van der Waals surface area (Å²) in [5.74, 6) is -1.54. The van der Waals surface area contributed by atoms with E-state index in [4.69, 9.17) is 5.11 Å². The zero-order valence-corrected chi connectivity index (χ0v) is 8.87. The predicted octanol–water partition coefficient (Wildman–Crippen LogP) is -0.129. The summed E-state index contributed by atoms with van der Waals surface area (Å²) in [4.78, 5) is 21.7. The summed E-state index contributed by atoms with van der Waals surface area (Å²) in [6.07, 6.45) is 0. The van der Waals surface area contributed by atoms with Gasteiger partial charge in [0, 0.05) is 20.1 Å². The molecule has 2 unspecified atom stereocenters. The number of hydrogen-bond donors (Lipinski definition) is 3. The highest BCUT2D eigenvalue weighted by molar-refractivity contribution is 5.76. The van der Waals surface area contributed by atoms with Crippen LogP contribution >= 0.6 is 0 Å². The quantitative estimate of drug-likeness (QED) is 0.556. The van der Waals surface area contributed by atoms with Gasteiger partial charge in [0.15, 0.2) is 0 Å². The Morgan fingerprint density at radius 2 is 1.79 bits per heavy atom. The highest BCUT2D eigenvalue weighted by Gasteiger charge is 2.20. The van der Waals surface area contributed by atoms with Gasteiger partial charge in [-0.3, -0.25) is 10.2 Å². The fraction of sp³-hybridized carbons (Fsp3) is 0.750. The van der Waals surface area contributed by atoms with Crippen molar-refractivity contribution in [2.45, 2.75) is 19.9 Å². The third kappa shape index (κ3) is 4.66. The van der Waals surface area contributed by atoms with E-state index in [1.54, 1.807) is 27.9 Å². The van der Waals surface area contributed by atoms with E-state index in [9.17, 15) is 9.59 Å². The van der Waals surface area contributed by atoms with E-state index < -0.39 is 24.0 Å². The van der Waals surface area contributed by atoms with Crippen molar-refractivity contribution in [3.63, 3.8) is 0 Å². The van der Waals surface area contributed by atoms with Gasteiger partial charge >= 0.3 is 12.0 Å². The van der Waals surface area contributed by atoms with Crippen molar-refractivity contribution in [3.8, 4) is 0 Å². The lowest BCUT2D eigenvalue weighted by atomic mass is 10.0. The molecule has 0 aromatic rings. The minimum Gasteiger partial charge on any atom is -0.481 e. The molecule has 0 aliphatic rings. The second-order valence-corrected chi connectivity index (χ2v) is 3.40. The van der Waals surface area contributed by atoms with Gasteiger partial charge in [-0.1, -0.05) is 0 Å². The fourth-order valence-corrected chi connectivity index (χ4v) is 0.781. The highest BCUT2D eigenvalue weighted by atomic mass is 16.4. The number of urea groups is 1. The highest BCUT2D eigenvalue weighted by Crippen LogP contribution is 2.01. The lowest BCUT2D eigenvalue weighted by Gasteiger charge is -2.19. The number of amides is 2. The smallest absolute Gasteiger partial charge is 0.329 e. The van der Waals surface area contributed by atoms with E-state index in [0.717, 1.165) is 0 Å². The van der Waals surface area contributed by atoms with Crippen LogP contribution in [0.4, 0.5) is 4.79 Å². The normalized spacial score (nSPS) is 14.6. The molecular formula is C8H17N3O3. The molecule has 6 heteroatoms. The van der Waals surface area contributed by atoms with Crippen molar-refractivity contribution in [1.82, 2.24) is 15.8 Å². The number of hydrogen-bond acceptors (Lipinski definition) is 3. The van der Waals surface area contributed by atoms with E-state index in [0.29, 0.717) is 0 Å². The second kappa shape index (κ2) is 5.43. The van der Waals surface area contributed by atoms with E-state index in [1.807, 2.05) is 0 Å². The molecular weight excluding hydrogens is 186 g/mol. The average Bonchev–Trinajstić information content (AvgIpc) is 2.00. The van der Waals surface area contributed by atoms with E-state index in [-0.39, 0.29) is 0 Å². The first-order chi connectivity index (χ1) is 6.34. The molecule has 2 amide bonds. The summed E-state index contributed by atoms with van der Waals surface area (Å²) in [5, 5.41) is 12.7. The molecule has 2 atom stereocenters. The Hall–Kier alpha value is -1.30. The summed E-state index contributed by atoms with van der Waals surface area (Å²) in [7, 11) is 3.34. The van der Waals surface area contributed by atoms with Gasteiger partial charge in [0.2, 0.25) is 0 Å². The number of carboxylic acids is 1. The van der Waals surface area contributed by atoms with Crippen LogP contribution in [0, 0.1) is 5.92 Å². The van der Waals surface area contributed by atoms with Gasteiger partial charge in [0.25, 0.3) is 0 Å². The zero-order valence-electron chi connectivity index (χ0n) is 8.87. The molecule has 0 aromatic carbocycles. The van der Waals surface area contributed by atoms with Crippen LogP contribution < -0.4 is 10.7 Å². The monoisotopic (exact) mass is 203 g/mol.